The second-order valence-corrected chi connectivity index (χ2v) is 19.4. The van der Waals surface area contributed by atoms with E-state index in [0.717, 1.165) is 91.8 Å². The number of nitrogens with zero attached hydrogens (tertiary/aromatic N) is 6. The first-order chi connectivity index (χ1) is 34.6. The third-order valence-corrected chi connectivity index (χ3v) is 15.2. The van der Waals surface area contributed by atoms with Gasteiger partial charge in [0.2, 0.25) is 0 Å². The highest BCUT2D eigenvalue weighted by Gasteiger charge is 2.35. The van der Waals surface area contributed by atoms with Crippen LogP contribution in [0, 0.1) is 29.6 Å². The third-order valence-electron chi connectivity index (χ3n) is 13.1. The average Bonchev–Trinajstić information content (AvgIpc) is 4.18. The summed E-state index contributed by atoms with van der Waals surface area (Å²) < 4.78 is 6.62. The Kier molecular flexibility index (Phi) is 11.1. The van der Waals surface area contributed by atoms with Crippen LogP contribution >= 0.6 is 22.7 Å². The molecule has 1 radical (unpaired) electrons. The van der Waals surface area contributed by atoms with Gasteiger partial charge in [-0.3, -0.25) is 0 Å². The third kappa shape index (κ3) is 7.52. The Bertz CT molecular complexity index is 4070. The number of hydrogen-bond donors (Lipinski definition) is 0. The maximum atomic E-state index is 12.0. The summed E-state index contributed by atoms with van der Waals surface area (Å²) in [6, 6.07) is 76.6. The van der Waals surface area contributed by atoms with Crippen LogP contribution in [0.5, 0.6) is 0 Å². The molecule has 0 N–H and O–H groups in total. The highest BCUT2D eigenvalue weighted by molar-refractivity contribution is 7.20. The first kappa shape index (κ1) is 42.8. The van der Waals surface area contributed by atoms with Gasteiger partial charge in [0.1, 0.15) is 33.3 Å². The van der Waals surface area contributed by atoms with Gasteiger partial charge in [0, 0.05) is 34.1 Å². The Morgan fingerprint density at radius 3 is 1.69 bits per heavy atom. The highest BCUT2D eigenvalue weighted by Crippen LogP contribution is 2.36. The minimum absolute atomic E-state index is 0.432. The van der Waals surface area contributed by atoms with Crippen LogP contribution in [-0.2, 0) is 6.42 Å². The molecular formula is C60H39B2N6S2. The van der Waals surface area contributed by atoms with Crippen LogP contribution < -0.4 is 27.1 Å². The van der Waals surface area contributed by atoms with E-state index in [1.165, 1.54) is 22.7 Å². The number of para-hydroxylation sites is 2. The van der Waals surface area contributed by atoms with Gasteiger partial charge < -0.3 is 8.96 Å². The number of fused-ring (bicyclic) bond motifs is 4. The lowest BCUT2D eigenvalue weighted by Gasteiger charge is -2.23. The van der Waals surface area contributed by atoms with Crippen molar-refractivity contribution in [3.63, 3.8) is 0 Å². The van der Waals surface area contributed by atoms with Crippen molar-refractivity contribution in [2.45, 2.75) is 13.3 Å². The van der Waals surface area contributed by atoms with Gasteiger partial charge in [0.05, 0.1) is 31.1 Å². The molecular weight excluding hydrogens is 890 g/mol. The van der Waals surface area contributed by atoms with Crippen LogP contribution in [0.4, 0.5) is 0 Å². The van der Waals surface area contributed by atoms with Crippen LogP contribution in [0.3, 0.4) is 0 Å². The van der Waals surface area contributed by atoms with E-state index in [0.29, 0.717) is 32.9 Å². The molecule has 0 spiro atoms. The number of hydrogen-bond acceptors (Lipinski definition) is 6. The molecule has 8 aromatic carbocycles. The second-order valence-electron chi connectivity index (χ2n) is 17.4. The first-order valence-electron chi connectivity index (χ1n) is 23.2. The number of thiazole rings is 2. The molecule has 10 heteroatoms. The van der Waals surface area contributed by atoms with Gasteiger partial charge in [-0.1, -0.05) is 198 Å². The molecule has 0 aliphatic rings. The van der Waals surface area contributed by atoms with Gasteiger partial charge in [-0.05, 0) is 53.1 Å². The average molecular weight is 930 g/mol. The van der Waals surface area contributed by atoms with Crippen LogP contribution in [0.25, 0.3) is 64.4 Å². The summed E-state index contributed by atoms with van der Waals surface area (Å²) in [5, 5.41) is 30.6. The Morgan fingerprint density at radius 2 is 1.09 bits per heavy atom. The van der Waals surface area contributed by atoms with E-state index in [1.54, 1.807) is 0 Å². The van der Waals surface area contributed by atoms with E-state index in [4.69, 9.17) is 9.97 Å². The summed E-state index contributed by atoms with van der Waals surface area (Å²) in [5.74, 6) is 0. The quantitative estimate of drug-likeness (QED) is 0.128. The van der Waals surface area contributed by atoms with E-state index in [2.05, 4.69) is 175 Å². The van der Waals surface area contributed by atoms with Crippen molar-refractivity contribution in [2.75, 3.05) is 0 Å². The summed E-state index contributed by atoms with van der Waals surface area (Å²) >= 11 is 3.04. The lowest BCUT2D eigenvalue weighted by Crippen LogP contribution is -2.53. The first-order valence-corrected chi connectivity index (χ1v) is 24.8. The van der Waals surface area contributed by atoms with Crippen LogP contribution in [0.1, 0.15) is 26.8 Å². The fraction of sp³-hybridized carbons (Fsp3) is 0.0333. The smallest absolute Gasteiger partial charge is 0.328 e. The molecule has 0 atom stereocenters. The normalized spacial score (nSPS) is 12.3. The van der Waals surface area contributed by atoms with Gasteiger partial charge in [-0.15, -0.1) is 22.7 Å². The predicted molar refractivity (Wildman–Crippen MR) is 292 cm³/mol. The topological polar surface area (TPSA) is 83.2 Å². The largest absolute Gasteiger partial charge is 0.386 e. The Balaban J connectivity index is 1.39. The van der Waals surface area contributed by atoms with Gasteiger partial charge >= 0.3 is 6.85 Å². The minimum Gasteiger partial charge on any atom is -0.386 e. The Labute approximate surface area is 414 Å². The zero-order valence-electron chi connectivity index (χ0n) is 38.0. The maximum Gasteiger partial charge on any atom is 0.328 e. The summed E-state index contributed by atoms with van der Waals surface area (Å²) in [4.78, 5) is 10.5. The molecule has 12 aromatic rings. The number of aryl methyl sites for hydroxylation is 1. The number of benzene rings is 8. The van der Waals surface area contributed by atoms with Crippen molar-refractivity contribution in [1.82, 2.24) is 18.9 Å². The molecule has 70 heavy (non-hydrogen) atoms. The van der Waals surface area contributed by atoms with Gasteiger partial charge in [0.15, 0.2) is 0 Å². The van der Waals surface area contributed by atoms with Gasteiger partial charge in [-0.25, -0.2) is 9.97 Å². The molecule has 0 saturated carbocycles. The molecule has 0 unspecified atom stereocenters. The lowest BCUT2D eigenvalue weighted by atomic mass is 9.50. The van der Waals surface area contributed by atoms with Crippen molar-refractivity contribution < 1.29 is 0 Å². The van der Waals surface area contributed by atoms with Crippen LogP contribution in [0.15, 0.2) is 206 Å². The Hall–Kier alpha value is -8.53. The molecule has 0 fully saturated rings. The van der Waals surface area contributed by atoms with E-state index in [9.17, 15) is 10.5 Å². The summed E-state index contributed by atoms with van der Waals surface area (Å²) in [6.45, 7) is 1.71. The number of aromatic nitrogens is 4. The summed E-state index contributed by atoms with van der Waals surface area (Å²) in [5.41, 5.74) is 10.5. The number of rotatable bonds is 10. The molecule has 0 amide bonds. The van der Waals surface area contributed by atoms with Crippen LogP contribution in [0.2, 0.25) is 0 Å². The zero-order valence-corrected chi connectivity index (χ0v) is 39.6. The number of nitriles is 2. The molecule has 6 nitrogen and oxygen atoms in total. The molecule has 4 aromatic heterocycles. The highest BCUT2D eigenvalue weighted by atomic mass is 32.1. The molecule has 0 bridgehead atoms. The molecule has 327 valence electrons. The van der Waals surface area contributed by atoms with Crippen LogP contribution in [-0.4, -0.2) is 33.2 Å². The molecule has 4 heterocycles. The van der Waals surface area contributed by atoms with Crippen molar-refractivity contribution in [2.24, 2.45) is 0 Å². The standard InChI is InChI=1S/C60H39B2N6S2/c1-39-19-11-14-28-46(39)57-55-54(58(48(38-64)60-66-50-30-16-18-32-53(50)70-60)68(57)62(44-24-7-3-8-25-44)45-26-9-4-10-27-45)51(36-40-33-34-41-20-12-13-21-42(41)35-40)67(61-43-22-5-2-6-23-43)56(55)47(37-63)59-65-49-29-15-17-31-52(49)69-59/h2-35H,36H2,1H3/b56-47-,58-48-. The Morgan fingerprint density at radius 1 is 0.557 bits per heavy atom. The molecule has 0 aliphatic carbocycles. The molecule has 0 saturated heterocycles. The fourth-order valence-electron chi connectivity index (χ4n) is 10.00. The van der Waals surface area contributed by atoms with Crippen molar-refractivity contribution in [3.05, 3.63) is 244 Å². The molecule has 0 aliphatic heterocycles. The van der Waals surface area contributed by atoms with Crippen molar-refractivity contribution in [1.29, 1.82) is 10.5 Å². The summed E-state index contributed by atoms with van der Waals surface area (Å²) in [6.07, 6.45) is 0.466. The van der Waals surface area contributed by atoms with Gasteiger partial charge in [0.25, 0.3) is 7.41 Å². The van der Waals surface area contributed by atoms with Crippen molar-refractivity contribution >= 4 is 106 Å². The van der Waals surface area contributed by atoms with E-state index < -0.39 is 6.85 Å². The summed E-state index contributed by atoms with van der Waals surface area (Å²) in [7, 11) is 2.15. The SMILES string of the molecule is Cc1ccccc1-c1c2/c(=C(\C#N)c3nc4ccccc4s3)n([B]c3ccccc3)c(Cc3ccc4ccccc4c3)c2/c(=C(\C#N)c2nc3ccccc3s2)n1B(c1ccccc1)c1ccccc1. The maximum absolute atomic E-state index is 12.0. The second kappa shape index (κ2) is 18.2. The minimum atomic E-state index is -0.432. The van der Waals surface area contributed by atoms with E-state index in [-0.39, 0.29) is 0 Å². The zero-order chi connectivity index (χ0) is 47.1. The van der Waals surface area contributed by atoms with E-state index >= 15 is 0 Å². The molecule has 12 rings (SSSR count). The predicted octanol–water partition coefficient (Wildman–Crippen LogP) is 10.3. The van der Waals surface area contributed by atoms with Gasteiger partial charge in [-0.2, -0.15) is 10.5 Å². The van der Waals surface area contributed by atoms with Crippen molar-refractivity contribution in [3.8, 4) is 23.4 Å². The monoisotopic (exact) mass is 929 g/mol. The lowest BCUT2D eigenvalue weighted by molar-refractivity contribution is 1.02. The fourth-order valence-corrected chi connectivity index (χ4v) is 11.9. The van der Waals surface area contributed by atoms with E-state index in [1.807, 2.05) is 66.7 Å².